The van der Waals surface area contributed by atoms with Crippen LogP contribution in [0.25, 0.3) is 0 Å². The van der Waals surface area contributed by atoms with E-state index in [0.29, 0.717) is 12.6 Å². The van der Waals surface area contributed by atoms with Crippen molar-refractivity contribution in [3.8, 4) is 0 Å². The zero-order valence-electron chi connectivity index (χ0n) is 14.8. The van der Waals surface area contributed by atoms with E-state index < -0.39 is 0 Å². The summed E-state index contributed by atoms with van der Waals surface area (Å²) in [5, 5.41) is 14.4. The van der Waals surface area contributed by atoms with Gasteiger partial charge in [-0.15, -0.1) is 0 Å². The number of aliphatic hydroxyl groups excluding tert-OH is 1. The number of hydrogen-bond donors (Lipinski definition) is 1. The van der Waals surface area contributed by atoms with Gasteiger partial charge in [0, 0.05) is 64.8 Å². The molecule has 1 N–H and O–H groups in total. The van der Waals surface area contributed by atoms with Gasteiger partial charge in [0.15, 0.2) is 0 Å². The predicted octanol–water partition coefficient (Wildman–Crippen LogP) is -0.418. The fourth-order valence-electron chi connectivity index (χ4n) is 3.60. The minimum absolute atomic E-state index is 0.343. The lowest BCUT2D eigenvalue weighted by Gasteiger charge is -2.39. The second kappa shape index (κ2) is 8.92. The number of aliphatic hydroxyl groups is 1. The molecule has 2 aliphatic heterocycles. The molecule has 1 aromatic rings. The number of rotatable bonds is 7. The largest absolute Gasteiger partial charge is 0.390 e. The summed E-state index contributed by atoms with van der Waals surface area (Å²) in [5.74, 6) is 0. The second-order valence-electron chi connectivity index (χ2n) is 6.87. The number of nitrogens with zero attached hydrogens (tertiary/aromatic N) is 5. The summed E-state index contributed by atoms with van der Waals surface area (Å²) >= 11 is 0. The van der Waals surface area contributed by atoms with Gasteiger partial charge < -0.3 is 9.84 Å². The van der Waals surface area contributed by atoms with Crippen LogP contribution in [0.4, 0.5) is 0 Å². The van der Waals surface area contributed by atoms with Gasteiger partial charge in [-0.3, -0.25) is 19.4 Å². The Hall–Kier alpha value is -0.990. The van der Waals surface area contributed by atoms with Crippen LogP contribution >= 0.6 is 0 Å². The van der Waals surface area contributed by atoms with E-state index in [1.54, 1.807) is 10.9 Å². The van der Waals surface area contributed by atoms with Crippen molar-refractivity contribution in [3.05, 3.63) is 18.5 Å². The Morgan fingerprint density at radius 2 is 1.92 bits per heavy atom. The Balaban J connectivity index is 1.35. The van der Waals surface area contributed by atoms with Gasteiger partial charge in [-0.2, -0.15) is 5.10 Å². The van der Waals surface area contributed by atoms with Gasteiger partial charge >= 0.3 is 0 Å². The van der Waals surface area contributed by atoms with E-state index in [4.69, 9.17) is 4.74 Å². The molecule has 3 rings (SSSR count). The second-order valence-corrected chi connectivity index (χ2v) is 6.87. The highest BCUT2D eigenvalue weighted by molar-refractivity contribution is 4.81. The van der Waals surface area contributed by atoms with E-state index in [1.165, 1.54) is 0 Å². The first kappa shape index (κ1) is 17.8. The summed E-state index contributed by atoms with van der Waals surface area (Å²) in [6.07, 6.45) is 3.62. The topological polar surface area (TPSA) is 57.0 Å². The molecule has 24 heavy (non-hydrogen) atoms. The van der Waals surface area contributed by atoms with Crippen molar-refractivity contribution in [2.24, 2.45) is 0 Å². The van der Waals surface area contributed by atoms with Gasteiger partial charge in [0.1, 0.15) is 0 Å². The molecule has 3 heterocycles. The predicted molar refractivity (Wildman–Crippen MR) is 93.0 cm³/mol. The van der Waals surface area contributed by atoms with Crippen LogP contribution in [-0.4, -0.2) is 107 Å². The first-order valence-electron chi connectivity index (χ1n) is 9.17. The lowest BCUT2D eigenvalue weighted by Crippen LogP contribution is -2.53. The van der Waals surface area contributed by atoms with Crippen molar-refractivity contribution in [1.82, 2.24) is 24.5 Å². The van der Waals surface area contributed by atoms with E-state index in [-0.39, 0.29) is 6.10 Å². The van der Waals surface area contributed by atoms with Crippen molar-refractivity contribution in [2.75, 3.05) is 65.5 Å². The number of likely N-dealkylation sites (N-methyl/N-ethyl adjacent to an activating group) is 1. The fourth-order valence-corrected chi connectivity index (χ4v) is 3.60. The van der Waals surface area contributed by atoms with Gasteiger partial charge in [-0.05, 0) is 12.6 Å². The van der Waals surface area contributed by atoms with Crippen molar-refractivity contribution in [3.63, 3.8) is 0 Å². The number of ether oxygens (including phenoxy) is 1. The SMILES string of the molecule is CCN1CCO[C@H](CN2CCN(C[C@@H](O)Cn3cccn3)CC2)C1. The van der Waals surface area contributed by atoms with E-state index in [9.17, 15) is 5.11 Å². The number of aromatic nitrogens is 2. The Kier molecular flexibility index (Phi) is 6.62. The highest BCUT2D eigenvalue weighted by atomic mass is 16.5. The highest BCUT2D eigenvalue weighted by Crippen LogP contribution is 2.10. The normalized spacial score (nSPS) is 25.8. The van der Waals surface area contributed by atoms with Crippen molar-refractivity contribution in [1.29, 1.82) is 0 Å². The summed E-state index contributed by atoms with van der Waals surface area (Å²) < 4.78 is 7.71. The molecule has 2 saturated heterocycles. The average Bonchev–Trinajstić information content (AvgIpc) is 3.09. The minimum Gasteiger partial charge on any atom is -0.390 e. The number of morpholine rings is 1. The maximum atomic E-state index is 10.2. The molecule has 0 spiro atoms. The molecular weight excluding hydrogens is 306 g/mol. The molecule has 2 aliphatic rings. The minimum atomic E-state index is -0.365. The van der Waals surface area contributed by atoms with Gasteiger partial charge in [0.2, 0.25) is 0 Å². The molecule has 7 nitrogen and oxygen atoms in total. The zero-order valence-corrected chi connectivity index (χ0v) is 14.8. The van der Waals surface area contributed by atoms with Crippen LogP contribution in [0.1, 0.15) is 6.92 Å². The van der Waals surface area contributed by atoms with E-state index in [1.807, 2.05) is 12.3 Å². The number of hydrogen-bond acceptors (Lipinski definition) is 6. The van der Waals surface area contributed by atoms with Crippen LogP contribution < -0.4 is 0 Å². The number of β-amino-alcohol motifs (C(OH)–C–C–N with tert-alkyl or cyclic N) is 1. The smallest absolute Gasteiger partial charge is 0.0862 e. The summed E-state index contributed by atoms with van der Waals surface area (Å²) in [7, 11) is 0. The molecule has 2 fully saturated rings. The van der Waals surface area contributed by atoms with E-state index in [0.717, 1.165) is 65.5 Å². The molecule has 0 amide bonds. The van der Waals surface area contributed by atoms with Gasteiger partial charge in [-0.1, -0.05) is 6.92 Å². The molecule has 0 unspecified atom stereocenters. The summed E-state index contributed by atoms with van der Waals surface area (Å²) in [4.78, 5) is 7.32. The summed E-state index contributed by atoms with van der Waals surface area (Å²) in [5.41, 5.74) is 0. The molecule has 1 aromatic heterocycles. The summed E-state index contributed by atoms with van der Waals surface area (Å²) in [6.45, 7) is 12.8. The monoisotopic (exact) mass is 337 g/mol. The summed E-state index contributed by atoms with van der Waals surface area (Å²) in [6, 6.07) is 1.89. The Bertz CT molecular complexity index is 462. The number of piperazine rings is 1. The third-order valence-corrected chi connectivity index (χ3v) is 5.02. The average molecular weight is 337 g/mol. The highest BCUT2D eigenvalue weighted by Gasteiger charge is 2.25. The molecule has 0 aromatic carbocycles. The Morgan fingerprint density at radius 1 is 1.12 bits per heavy atom. The Labute approximate surface area is 144 Å². The standard InChI is InChI=1S/C17H31N5O2/c1-2-19-10-11-24-17(14-19)15-21-8-6-20(7-9-21)12-16(23)13-22-5-3-4-18-22/h3-5,16-17,23H,2,6-15H2,1H3/t16-,17+/m1/s1. The van der Waals surface area contributed by atoms with Gasteiger partial charge in [0.05, 0.1) is 25.4 Å². The van der Waals surface area contributed by atoms with Crippen molar-refractivity contribution in [2.45, 2.75) is 25.7 Å². The van der Waals surface area contributed by atoms with Crippen LogP contribution in [0.15, 0.2) is 18.5 Å². The van der Waals surface area contributed by atoms with E-state index in [2.05, 4.69) is 26.7 Å². The molecule has 7 heteroatoms. The zero-order chi connectivity index (χ0) is 16.8. The van der Waals surface area contributed by atoms with Crippen LogP contribution in [0.2, 0.25) is 0 Å². The Morgan fingerprint density at radius 3 is 2.62 bits per heavy atom. The third-order valence-electron chi connectivity index (χ3n) is 5.02. The van der Waals surface area contributed by atoms with Gasteiger partial charge in [0.25, 0.3) is 0 Å². The van der Waals surface area contributed by atoms with E-state index >= 15 is 0 Å². The molecule has 136 valence electrons. The molecule has 0 bridgehead atoms. The molecular formula is C17H31N5O2. The quantitative estimate of drug-likeness (QED) is 0.730. The van der Waals surface area contributed by atoms with Crippen LogP contribution in [-0.2, 0) is 11.3 Å². The first-order chi connectivity index (χ1) is 11.7. The third kappa shape index (κ3) is 5.26. The van der Waals surface area contributed by atoms with Crippen molar-refractivity contribution >= 4 is 0 Å². The maximum Gasteiger partial charge on any atom is 0.0862 e. The maximum absolute atomic E-state index is 10.2. The first-order valence-corrected chi connectivity index (χ1v) is 9.17. The van der Waals surface area contributed by atoms with Crippen LogP contribution in [0.5, 0.6) is 0 Å². The lowest BCUT2D eigenvalue weighted by molar-refractivity contribution is -0.0481. The van der Waals surface area contributed by atoms with Gasteiger partial charge in [-0.25, -0.2) is 0 Å². The fraction of sp³-hybridized carbons (Fsp3) is 0.824. The molecule has 0 saturated carbocycles. The van der Waals surface area contributed by atoms with Crippen LogP contribution in [0.3, 0.4) is 0 Å². The van der Waals surface area contributed by atoms with Crippen LogP contribution in [0, 0.1) is 0 Å². The molecule has 0 radical (unpaired) electrons. The molecule has 0 aliphatic carbocycles. The van der Waals surface area contributed by atoms with Crippen molar-refractivity contribution < 1.29 is 9.84 Å². The molecule has 2 atom stereocenters. The lowest BCUT2D eigenvalue weighted by atomic mass is 10.2.